The van der Waals surface area contributed by atoms with Crippen LogP contribution in [0.3, 0.4) is 0 Å². The van der Waals surface area contributed by atoms with Crippen LogP contribution < -0.4 is 4.72 Å². The molecule has 22 heavy (non-hydrogen) atoms. The number of carbonyl (C=O) groups is 2. The molecule has 1 aliphatic rings. The summed E-state index contributed by atoms with van der Waals surface area (Å²) in [6.07, 6.45) is 2.50. The molecule has 8 heteroatoms. The number of halogens is 1. The number of allylic oxidation sites excluding steroid dienone is 1. The van der Waals surface area contributed by atoms with Crippen molar-refractivity contribution in [1.29, 1.82) is 0 Å². The molecular weight excluding hydrogens is 328 g/mol. The molecule has 6 nitrogen and oxygen atoms in total. The predicted octanol–water partition coefficient (Wildman–Crippen LogP) is 1.07. The first-order valence-corrected chi connectivity index (χ1v) is 8.62. The molecule has 1 aliphatic heterocycles. The summed E-state index contributed by atoms with van der Waals surface area (Å²) < 4.78 is 26.4. The van der Waals surface area contributed by atoms with E-state index in [9.17, 15) is 18.0 Å². The van der Waals surface area contributed by atoms with Crippen molar-refractivity contribution >= 4 is 33.3 Å². The average molecular weight is 343 g/mol. The largest absolute Gasteiger partial charge is 0.317 e. The van der Waals surface area contributed by atoms with Crippen molar-refractivity contribution in [3.8, 4) is 0 Å². The van der Waals surface area contributed by atoms with Gasteiger partial charge in [-0.25, -0.2) is 13.1 Å². The molecule has 0 unspecified atom stereocenters. The number of ketones is 1. The van der Waals surface area contributed by atoms with E-state index in [4.69, 9.17) is 11.6 Å². The van der Waals surface area contributed by atoms with Crippen LogP contribution >= 0.6 is 11.6 Å². The van der Waals surface area contributed by atoms with Crippen LogP contribution in [0.25, 0.3) is 0 Å². The van der Waals surface area contributed by atoms with Crippen molar-refractivity contribution in [2.75, 3.05) is 13.1 Å². The molecule has 1 aromatic carbocycles. The second-order valence-corrected chi connectivity index (χ2v) is 7.00. The minimum atomic E-state index is -3.55. The van der Waals surface area contributed by atoms with Crippen LogP contribution in [0.2, 0.25) is 5.02 Å². The highest BCUT2D eigenvalue weighted by molar-refractivity contribution is 7.88. The lowest BCUT2D eigenvalue weighted by molar-refractivity contribution is -0.133. The summed E-state index contributed by atoms with van der Waals surface area (Å²) in [4.78, 5) is 23.9. The summed E-state index contributed by atoms with van der Waals surface area (Å²) in [5.41, 5.74) is 0.510. The molecule has 0 aromatic heterocycles. The minimum Gasteiger partial charge on any atom is -0.317 e. The van der Waals surface area contributed by atoms with Crippen LogP contribution in [0, 0.1) is 0 Å². The van der Waals surface area contributed by atoms with E-state index in [1.54, 1.807) is 24.3 Å². The van der Waals surface area contributed by atoms with Gasteiger partial charge in [-0.3, -0.25) is 9.59 Å². The lowest BCUT2D eigenvalue weighted by atomic mass is 10.2. The molecule has 118 valence electrons. The maximum Gasteiger partial charge on any atom is 0.234 e. The van der Waals surface area contributed by atoms with Gasteiger partial charge in [-0.05, 0) is 17.7 Å². The molecule has 0 saturated carbocycles. The van der Waals surface area contributed by atoms with Crippen LogP contribution in [-0.4, -0.2) is 38.1 Å². The van der Waals surface area contributed by atoms with Gasteiger partial charge in [0.2, 0.25) is 15.9 Å². The van der Waals surface area contributed by atoms with Crippen LogP contribution in [0.1, 0.15) is 12.0 Å². The Kier molecular flexibility index (Phi) is 5.33. The zero-order valence-corrected chi connectivity index (χ0v) is 13.2. The molecule has 0 bridgehead atoms. The van der Waals surface area contributed by atoms with E-state index >= 15 is 0 Å². The van der Waals surface area contributed by atoms with Crippen molar-refractivity contribution in [2.24, 2.45) is 0 Å². The molecule has 2 rings (SSSR count). The van der Waals surface area contributed by atoms with E-state index in [1.165, 1.54) is 17.2 Å². The predicted molar refractivity (Wildman–Crippen MR) is 82.6 cm³/mol. The SMILES string of the molecule is O=C1C=CN(CCNS(=O)(=O)Cc2ccccc2Cl)C(=O)C1. The number of hydrogen-bond acceptors (Lipinski definition) is 4. The Morgan fingerprint density at radius 3 is 2.64 bits per heavy atom. The van der Waals surface area contributed by atoms with Gasteiger partial charge in [0.15, 0.2) is 5.78 Å². The van der Waals surface area contributed by atoms with E-state index in [0.29, 0.717) is 10.6 Å². The molecule has 1 aromatic rings. The summed E-state index contributed by atoms with van der Waals surface area (Å²) in [5.74, 6) is -0.812. The molecule has 0 spiro atoms. The second-order valence-electron chi connectivity index (χ2n) is 4.79. The quantitative estimate of drug-likeness (QED) is 0.784. The van der Waals surface area contributed by atoms with Crippen LogP contribution in [0.5, 0.6) is 0 Å². The third-order valence-corrected chi connectivity index (χ3v) is 4.77. The Balaban J connectivity index is 1.88. The summed E-state index contributed by atoms with van der Waals surface area (Å²) in [5, 5.41) is 0.389. The van der Waals surface area contributed by atoms with E-state index in [2.05, 4.69) is 4.72 Å². The van der Waals surface area contributed by atoms with Gasteiger partial charge in [0.1, 0.15) is 0 Å². The van der Waals surface area contributed by atoms with Crippen molar-refractivity contribution < 1.29 is 18.0 Å². The fraction of sp³-hybridized carbons (Fsp3) is 0.286. The van der Waals surface area contributed by atoms with Crippen molar-refractivity contribution in [2.45, 2.75) is 12.2 Å². The Hall–Kier alpha value is -1.70. The molecular formula is C14H15ClN2O4S. The third kappa shape index (κ3) is 4.66. The van der Waals surface area contributed by atoms with E-state index in [1.807, 2.05) is 0 Å². The summed E-state index contributed by atoms with van der Waals surface area (Å²) in [6, 6.07) is 6.71. The Morgan fingerprint density at radius 1 is 1.23 bits per heavy atom. The Bertz CT molecular complexity index is 715. The summed E-state index contributed by atoms with van der Waals surface area (Å²) in [6.45, 7) is 0.238. The van der Waals surface area contributed by atoms with Crippen LogP contribution in [0.4, 0.5) is 0 Å². The zero-order valence-electron chi connectivity index (χ0n) is 11.7. The molecule has 0 atom stereocenters. The van der Waals surface area contributed by atoms with Gasteiger partial charge >= 0.3 is 0 Å². The van der Waals surface area contributed by atoms with E-state index in [-0.39, 0.29) is 37.0 Å². The van der Waals surface area contributed by atoms with Crippen LogP contribution in [-0.2, 0) is 25.4 Å². The molecule has 0 aliphatic carbocycles. The van der Waals surface area contributed by atoms with Crippen molar-refractivity contribution in [3.05, 3.63) is 47.1 Å². The van der Waals surface area contributed by atoms with Gasteiger partial charge in [0.25, 0.3) is 0 Å². The number of hydrogen-bond donors (Lipinski definition) is 1. The topological polar surface area (TPSA) is 83.6 Å². The number of nitrogens with zero attached hydrogens (tertiary/aromatic N) is 1. The fourth-order valence-corrected chi connectivity index (χ4v) is 3.41. The number of carbonyl (C=O) groups excluding carboxylic acids is 2. The van der Waals surface area contributed by atoms with E-state index in [0.717, 1.165) is 0 Å². The fourth-order valence-electron chi connectivity index (χ4n) is 1.96. The lowest BCUT2D eigenvalue weighted by Gasteiger charge is -2.20. The molecule has 0 saturated heterocycles. The molecule has 1 amide bonds. The van der Waals surface area contributed by atoms with Gasteiger partial charge in [0.05, 0.1) is 12.2 Å². The first-order chi connectivity index (χ1) is 10.4. The van der Waals surface area contributed by atoms with E-state index < -0.39 is 10.0 Å². The summed E-state index contributed by atoms with van der Waals surface area (Å²) >= 11 is 5.93. The first kappa shape index (κ1) is 16.7. The number of rotatable bonds is 6. The smallest absolute Gasteiger partial charge is 0.234 e. The van der Waals surface area contributed by atoms with Gasteiger partial charge in [-0.2, -0.15) is 0 Å². The molecule has 0 fully saturated rings. The molecule has 1 N–H and O–H groups in total. The standard InChI is InChI=1S/C14H15ClN2O4S/c15-13-4-2-1-3-11(13)10-22(20,21)16-6-8-17-7-5-12(18)9-14(17)19/h1-5,7,16H,6,8-10H2. The highest BCUT2D eigenvalue weighted by Gasteiger charge is 2.19. The number of benzene rings is 1. The zero-order chi connectivity index (χ0) is 16.2. The number of nitrogens with one attached hydrogen (secondary N) is 1. The monoisotopic (exact) mass is 342 g/mol. The highest BCUT2D eigenvalue weighted by atomic mass is 35.5. The molecule has 0 radical (unpaired) electrons. The van der Waals surface area contributed by atoms with Gasteiger partial charge in [-0.15, -0.1) is 0 Å². The van der Waals surface area contributed by atoms with Gasteiger partial charge in [-0.1, -0.05) is 29.8 Å². The first-order valence-electron chi connectivity index (χ1n) is 6.58. The van der Waals surface area contributed by atoms with Gasteiger partial charge < -0.3 is 4.90 Å². The number of sulfonamides is 1. The number of amides is 1. The van der Waals surface area contributed by atoms with Crippen molar-refractivity contribution in [1.82, 2.24) is 9.62 Å². The Morgan fingerprint density at radius 2 is 1.95 bits per heavy atom. The van der Waals surface area contributed by atoms with Gasteiger partial charge in [0, 0.05) is 24.3 Å². The maximum absolute atomic E-state index is 12.0. The lowest BCUT2D eigenvalue weighted by Crippen LogP contribution is -2.38. The highest BCUT2D eigenvalue weighted by Crippen LogP contribution is 2.17. The average Bonchev–Trinajstić information content (AvgIpc) is 2.43. The summed E-state index contributed by atoms with van der Waals surface area (Å²) in [7, 11) is -3.55. The minimum absolute atomic E-state index is 0.0665. The maximum atomic E-state index is 12.0. The second kappa shape index (κ2) is 7.04. The van der Waals surface area contributed by atoms with Crippen molar-refractivity contribution in [3.63, 3.8) is 0 Å². The molecule has 1 heterocycles. The third-order valence-electron chi connectivity index (χ3n) is 3.06. The Labute approximate surface area is 133 Å². The normalized spacial score (nSPS) is 15.4. The van der Waals surface area contributed by atoms with Crippen LogP contribution in [0.15, 0.2) is 36.5 Å².